The molecule has 0 heterocycles. The number of nitrogens with two attached hydrogens (primary N) is 1. The first kappa shape index (κ1) is 15.4. The van der Waals surface area contributed by atoms with Gasteiger partial charge in [0.05, 0.1) is 0 Å². The average Bonchev–Trinajstić information content (AvgIpc) is 2.42. The molecule has 2 aromatic carbocycles. The lowest BCUT2D eigenvalue weighted by atomic mass is 9.98. The minimum atomic E-state index is -0.749. The third-order valence-electron chi connectivity index (χ3n) is 3.38. The summed E-state index contributed by atoms with van der Waals surface area (Å²) in [5.41, 5.74) is 7.98. The van der Waals surface area contributed by atoms with Crippen LogP contribution in [-0.4, -0.2) is 0 Å². The number of halogens is 2. The zero-order valence-corrected chi connectivity index (χ0v) is 12.4. The van der Waals surface area contributed by atoms with E-state index >= 15 is 0 Å². The smallest absolute Gasteiger partial charge is 0.198 e. The van der Waals surface area contributed by atoms with E-state index in [2.05, 4.69) is 13.8 Å². The van der Waals surface area contributed by atoms with Gasteiger partial charge >= 0.3 is 0 Å². The summed E-state index contributed by atoms with van der Waals surface area (Å²) < 4.78 is 33.1. The molecule has 0 aromatic heterocycles. The highest BCUT2D eigenvalue weighted by molar-refractivity contribution is 5.40. The van der Waals surface area contributed by atoms with Crippen LogP contribution in [0.15, 0.2) is 30.3 Å². The van der Waals surface area contributed by atoms with Crippen molar-refractivity contribution in [1.82, 2.24) is 0 Å². The Bertz CT molecular complexity index is 630. The molecule has 112 valence electrons. The van der Waals surface area contributed by atoms with Gasteiger partial charge in [-0.2, -0.15) is 0 Å². The molecule has 2 aromatic rings. The van der Waals surface area contributed by atoms with E-state index in [0.717, 1.165) is 5.56 Å². The zero-order chi connectivity index (χ0) is 15.6. The highest BCUT2D eigenvalue weighted by atomic mass is 19.1. The van der Waals surface area contributed by atoms with Crippen LogP contribution in [0.1, 0.15) is 36.5 Å². The second-order valence-electron chi connectivity index (χ2n) is 5.37. The SMILES string of the molecule is Cc1cc(Oc2c(F)cc(CN)cc2F)ccc1C(C)C. The molecule has 21 heavy (non-hydrogen) atoms. The molecule has 2 rings (SSSR count). The van der Waals surface area contributed by atoms with E-state index in [1.165, 1.54) is 17.7 Å². The van der Waals surface area contributed by atoms with E-state index in [9.17, 15) is 8.78 Å². The van der Waals surface area contributed by atoms with Gasteiger partial charge in [-0.3, -0.25) is 0 Å². The summed E-state index contributed by atoms with van der Waals surface area (Å²) in [7, 11) is 0. The topological polar surface area (TPSA) is 35.2 Å². The molecule has 0 saturated carbocycles. The van der Waals surface area contributed by atoms with Crippen LogP contribution in [0.5, 0.6) is 11.5 Å². The van der Waals surface area contributed by atoms with Crippen molar-refractivity contribution < 1.29 is 13.5 Å². The minimum absolute atomic E-state index is 0.0797. The van der Waals surface area contributed by atoms with E-state index in [1.54, 1.807) is 12.1 Å². The van der Waals surface area contributed by atoms with Gasteiger partial charge in [0, 0.05) is 6.54 Å². The Hall–Kier alpha value is -1.94. The van der Waals surface area contributed by atoms with Crippen LogP contribution >= 0.6 is 0 Å². The molecule has 2 nitrogen and oxygen atoms in total. The van der Waals surface area contributed by atoms with Gasteiger partial charge in [-0.05, 0) is 53.8 Å². The van der Waals surface area contributed by atoms with Gasteiger partial charge < -0.3 is 10.5 Å². The molecular formula is C17H19F2NO. The van der Waals surface area contributed by atoms with E-state index in [0.29, 0.717) is 17.2 Å². The van der Waals surface area contributed by atoms with Crippen molar-refractivity contribution >= 4 is 0 Å². The van der Waals surface area contributed by atoms with Crippen molar-refractivity contribution in [3.63, 3.8) is 0 Å². The van der Waals surface area contributed by atoms with Crippen LogP contribution in [0, 0.1) is 18.6 Å². The average molecular weight is 291 g/mol. The fourth-order valence-electron chi connectivity index (χ4n) is 2.31. The van der Waals surface area contributed by atoms with Crippen molar-refractivity contribution in [2.75, 3.05) is 0 Å². The maximum Gasteiger partial charge on any atom is 0.198 e. The quantitative estimate of drug-likeness (QED) is 0.890. The molecule has 0 atom stereocenters. The maximum absolute atomic E-state index is 13.9. The zero-order valence-electron chi connectivity index (χ0n) is 12.4. The first-order valence-electron chi connectivity index (χ1n) is 6.88. The largest absolute Gasteiger partial charge is 0.451 e. The number of rotatable bonds is 4. The number of ether oxygens (including phenoxy) is 1. The lowest BCUT2D eigenvalue weighted by Crippen LogP contribution is -2.01. The van der Waals surface area contributed by atoms with Crippen molar-refractivity contribution in [1.29, 1.82) is 0 Å². The van der Waals surface area contributed by atoms with Crippen molar-refractivity contribution in [3.05, 3.63) is 58.7 Å². The van der Waals surface area contributed by atoms with Gasteiger partial charge in [0.1, 0.15) is 5.75 Å². The fraction of sp³-hybridized carbons (Fsp3) is 0.294. The van der Waals surface area contributed by atoms with Crippen LogP contribution in [0.2, 0.25) is 0 Å². The number of hydrogen-bond donors (Lipinski definition) is 1. The summed E-state index contributed by atoms with van der Waals surface area (Å²) in [6.07, 6.45) is 0. The fourth-order valence-corrected chi connectivity index (χ4v) is 2.31. The van der Waals surface area contributed by atoms with Gasteiger partial charge in [0.15, 0.2) is 17.4 Å². The maximum atomic E-state index is 13.9. The summed E-state index contributed by atoms with van der Waals surface area (Å²) in [5.74, 6) is -1.10. The Labute approximate surface area is 123 Å². The predicted octanol–water partition coefficient (Wildman–Crippen LogP) is 4.65. The normalized spacial score (nSPS) is 11.0. The first-order valence-corrected chi connectivity index (χ1v) is 6.88. The summed E-state index contributed by atoms with van der Waals surface area (Å²) in [6, 6.07) is 7.80. The van der Waals surface area contributed by atoms with Crippen LogP contribution in [0.3, 0.4) is 0 Å². The van der Waals surface area contributed by atoms with Crippen LogP contribution in [0.25, 0.3) is 0 Å². The predicted molar refractivity (Wildman–Crippen MR) is 79.6 cm³/mol. The molecule has 4 heteroatoms. The Morgan fingerprint density at radius 1 is 1.10 bits per heavy atom. The van der Waals surface area contributed by atoms with Crippen LogP contribution in [-0.2, 0) is 6.54 Å². The second kappa shape index (κ2) is 6.22. The van der Waals surface area contributed by atoms with Gasteiger partial charge in [-0.25, -0.2) is 8.78 Å². The molecule has 2 N–H and O–H groups in total. The van der Waals surface area contributed by atoms with Gasteiger partial charge in [-0.1, -0.05) is 19.9 Å². The standard InChI is InChI=1S/C17H19F2NO/c1-10(2)14-5-4-13(6-11(14)3)21-17-15(18)7-12(9-20)8-16(17)19/h4-8,10H,9,20H2,1-3H3. The Kier molecular flexibility index (Phi) is 4.58. The summed E-state index contributed by atoms with van der Waals surface area (Å²) in [5, 5.41) is 0. The van der Waals surface area contributed by atoms with E-state index in [1.807, 2.05) is 13.0 Å². The van der Waals surface area contributed by atoms with Gasteiger partial charge in [0.25, 0.3) is 0 Å². The number of aryl methyl sites for hydroxylation is 1. The highest BCUT2D eigenvalue weighted by Crippen LogP contribution is 2.31. The van der Waals surface area contributed by atoms with Gasteiger partial charge in [-0.15, -0.1) is 0 Å². The second-order valence-corrected chi connectivity index (χ2v) is 5.37. The minimum Gasteiger partial charge on any atom is -0.451 e. The lowest BCUT2D eigenvalue weighted by Gasteiger charge is -2.13. The van der Waals surface area contributed by atoms with Crippen molar-refractivity contribution in [3.8, 4) is 11.5 Å². The Morgan fingerprint density at radius 2 is 1.71 bits per heavy atom. The molecule has 0 radical (unpaired) electrons. The highest BCUT2D eigenvalue weighted by Gasteiger charge is 2.14. The molecule has 0 saturated heterocycles. The monoisotopic (exact) mass is 291 g/mol. The summed E-state index contributed by atoms with van der Waals surface area (Å²) >= 11 is 0. The molecule has 0 spiro atoms. The summed E-state index contributed by atoms with van der Waals surface area (Å²) in [6.45, 7) is 6.21. The Balaban J connectivity index is 2.32. The third kappa shape index (κ3) is 3.39. The lowest BCUT2D eigenvalue weighted by molar-refractivity contribution is 0.406. The Morgan fingerprint density at radius 3 is 2.19 bits per heavy atom. The number of hydrogen-bond acceptors (Lipinski definition) is 2. The van der Waals surface area contributed by atoms with E-state index in [-0.39, 0.29) is 6.54 Å². The molecule has 0 bridgehead atoms. The molecule has 0 unspecified atom stereocenters. The van der Waals surface area contributed by atoms with Crippen molar-refractivity contribution in [2.24, 2.45) is 5.73 Å². The molecule has 0 fully saturated rings. The molecule has 0 amide bonds. The van der Waals surface area contributed by atoms with Crippen molar-refractivity contribution in [2.45, 2.75) is 33.2 Å². The van der Waals surface area contributed by atoms with E-state index in [4.69, 9.17) is 10.5 Å². The van der Waals surface area contributed by atoms with Crippen LogP contribution < -0.4 is 10.5 Å². The molecule has 0 aliphatic rings. The number of benzene rings is 2. The molecule has 0 aliphatic heterocycles. The van der Waals surface area contributed by atoms with Gasteiger partial charge in [0.2, 0.25) is 0 Å². The summed E-state index contributed by atoms with van der Waals surface area (Å²) in [4.78, 5) is 0. The molecular weight excluding hydrogens is 272 g/mol. The molecule has 0 aliphatic carbocycles. The first-order chi connectivity index (χ1) is 9.92. The third-order valence-corrected chi connectivity index (χ3v) is 3.38. The van der Waals surface area contributed by atoms with E-state index < -0.39 is 17.4 Å². The van der Waals surface area contributed by atoms with Crippen LogP contribution in [0.4, 0.5) is 8.78 Å².